The Kier molecular flexibility index (Phi) is 10.00. The third-order valence-corrected chi connectivity index (χ3v) is 6.69. The number of hydrogen-bond donors (Lipinski definition) is 1. The molecule has 0 unspecified atom stereocenters. The van der Waals surface area contributed by atoms with Crippen molar-refractivity contribution in [2.45, 2.75) is 38.8 Å². The van der Waals surface area contributed by atoms with Gasteiger partial charge >= 0.3 is 0 Å². The summed E-state index contributed by atoms with van der Waals surface area (Å²) in [5, 5.41) is 3.82. The van der Waals surface area contributed by atoms with Crippen LogP contribution >= 0.6 is 39.1 Å². The zero-order chi connectivity index (χ0) is 24.5. The molecule has 1 N–H and O–H groups in total. The summed E-state index contributed by atoms with van der Waals surface area (Å²) in [5.41, 5.74) is 2.67. The van der Waals surface area contributed by atoms with Gasteiger partial charge in [0, 0.05) is 24.0 Å². The van der Waals surface area contributed by atoms with Gasteiger partial charge in [-0.2, -0.15) is 0 Å². The summed E-state index contributed by atoms with van der Waals surface area (Å²) < 4.78 is 0.950. The number of benzene rings is 3. The van der Waals surface area contributed by atoms with Crippen molar-refractivity contribution in [3.63, 3.8) is 0 Å². The fraction of sp³-hybridized carbons (Fsp3) is 0.259. The Balaban J connectivity index is 1.95. The smallest absolute Gasteiger partial charge is 0.243 e. The Hall–Kier alpha value is -2.34. The molecule has 0 heterocycles. The van der Waals surface area contributed by atoms with E-state index in [1.54, 1.807) is 23.1 Å². The molecule has 0 aromatic heterocycles. The molecule has 0 radical (unpaired) electrons. The lowest BCUT2D eigenvalue weighted by Gasteiger charge is -2.31. The van der Waals surface area contributed by atoms with E-state index < -0.39 is 6.04 Å². The van der Waals surface area contributed by atoms with Crippen molar-refractivity contribution in [2.75, 3.05) is 6.54 Å². The maximum absolute atomic E-state index is 13.7. The van der Waals surface area contributed by atoms with E-state index in [1.807, 2.05) is 61.5 Å². The molecule has 3 aromatic rings. The van der Waals surface area contributed by atoms with Crippen LogP contribution in [0.5, 0.6) is 0 Å². The minimum absolute atomic E-state index is 0.111. The number of amides is 2. The lowest BCUT2D eigenvalue weighted by atomic mass is 10.0. The van der Waals surface area contributed by atoms with Crippen LogP contribution in [0, 0.1) is 0 Å². The Morgan fingerprint density at radius 3 is 2.24 bits per heavy atom. The molecular weight excluding hydrogens is 535 g/mol. The fourth-order valence-electron chi connectivity index (χ4n) is 3.63. The monoisotopic (exact) mass is 560 g/mol. The SMILES string of the molecule is CCCNC(=O)[C@H](Cc1ccccc1)N(Cc1ccc(Br)cc1)C(=O)Cc1ccc(Cl)c(Cl)c1. The Labute approximate surface area is 219 Å². The molecular formula is C27H27BrCl2N2O2. The fourth-order valence-corrected chi connectivity index (χ4v) is 4.22. The first kappa shape index (κ1) is 26.3. The molecule has 0 aliphatic rings. The molecule has 2 amide bonds. The molecule has 0 spiro atoms. The van der Waals surface area contributed by atoms with Gasteiger partial charge in [0.15, 0.2) is 0 Å². The van der Waals surface area contributed by atoms with E-state index in [1.165, 1.54) is 0 Å². The molecule has 34 heavy (non-hydrogen) atoms. The number of rotatable bonds is 10. The first-order valence-electron chi connectivity index (χ1n) is 11.2. The molecule has 1 atom stereocenters. The van der Waals surface area contributed by atoms with Crippen molar-refractivity contribution in [2.24, 2.45) is 0 Å². The van der Waals surface area contributed by atoms with Crippen molar-refractivity contribution in [1.29, 1.82) is 0 Å². The third-order valence-electron chi connectivity index (χ3n) is 5.43. The largest absolute Gasteiger partial charge is 0.354 e. The summed E-state index contributed by atoms with van der Waals surface area (Å²) >= 11 is 15.7. The minimum Gasteiger partial charge on any atom is -0.354 e. The highest BCUT2D eigenvalue weighted by atomic mass is 79.9. The molecule has 0 fully saturated rings. The molecule has 4 nitrogen and oxygen atoms in total. The Morgan fingerprint density at radius 1 is 0.912 bits per heavy atom. The average molecular weight is 562 g/mol. The van der Waals surface area contributed by atoms with Gasteiger partial charge in [0.05, 0.1) is 16.5 Å². The van der Waals surface area contributed by atoms with Crippen LogP contribution in [0.4, 0.5) is 0 Å². The molecule has 0 saturated carbocycles. The zero-order valence-corrected chi connectivity index (χ0v) is 22.0. The quantitative estimate of drug-likeness (QED) is 0.308. The van der Waals surface area contributed by atoms with Crippen LogP contribution in [0.25, 0.3) is 0 Å². The predicted molar refractivity (Wildman–Crippen MR) is 142 cm³/mol. The molecule has 0 saturated heterocycles. The molecule has 178 valence electrons. The summed E-state index contributed by atoms with van der Waals surface area (Å²) in [5.74, 6) is -0.320. The number of nitrogens with one attached hydrogen (secondary N) is 1. The van der Waals surface area contributed by atoms with E-state index in [0.717, 1.165) is 27.6 Å². The van der Waals surface area contributed by atoms with Gasteiger partial charge in [-0.25, -0.2) is 0 Å². The van der Waals surface area contributed by atoms with E-state index >= 15 is 0 Å². The predicted octanol–water partition coefficient (Wildman–Crippen LogP) is 6.46. The van der Waals surface area contributed by atoms with Crippen LogP contribution in [-0.2, 0) is 29.0 Å². The second kappa shape index (κ2) is 12.9. The molecule has 3 rings (SSSR count). The van der Waals surface area contributed by atoms with Crippen LogP contribution in [-0.4, -0.2) is 29.3 Å². The van der Waals surface area contributed by atoms with Gasteiger partial charge < -0.3 is 10.2 Å². The Bertz CT molecular complexity index is 1110. The highest BCUT2D eigenvalue weighted by molar-refractivity contribution is 9.10. The van der Waals surface area contributed by atoms with Crippen LogP contribution in [0.1, 0.15) is 30.0 Å². The summed E-state index contributed by atoms with van der Waals surface area (Å²) in [4.78, 5) is 28.6. The van der Waals surface area contributed by atoms with E-state index in [0.29, 0.717) is 29.6 Å². The summed E-state index contributed by atoms with van der Waals surface area (Å²) in [6.07, 6.45) is 1.34. The molecule has 0 bridgehead atoms. The highest BCUT2D eigenvalue weighted by Crippen LogP contribution is 2.24. The zero-order valence-electron chi connectivity index (χ0n) is 18.9. The standard InChI is InChI=1S/C27H27BrCl2N2O2/c1-2-14-31-27(34)25(16-19-6-4-3-5-7-19)32(18-20-8-11-22(28)12-9-20)26(33)17-21-10-13-23(29)24(30)15-21/h3-13,15,25H,2,14,16-18H2,1H3,(H,31,34)/t25-/m0/s1. The normalized spacial score (nSPS) is 11.6. The number of carbonyl (C=O) groups excluding carboxylic acids is 2. The van der Waals surface area contributed by atoms with Gasteiger partial charge in [-0.15, -0.1) is 0 Å². The topological polar surface area (TPSA) is 49.4 Å². The lowest BCUT2D eigenvalue weighted by Crippen LogP contribution is -2.51. The van der Waals surface area contributed by atoms with Crippen LogP contribution in [0.2, 0.25) is 10.0 Å². The molecule has 0 aliphatic carbocycles. The van der Waals surface area contributed by atoms with Crippen molar-refractivity contribution < 1.29 is 9.59 Å². The van der Waals surface area contributed by atoms with Gasteiger partial charge in [0.1, 0.15) is 6.04 Å². The van der Waals surface area contributed by atoms with Crippen molar-refractivity contribution in [1.82, 2.24) is 10.2 Å². The summed E-state index contributed by atoms with van der Waals surface area (Å²) in [7, 11) is 0. The Morgan fingerprint density at radius 2 is 1.59 bits per heavy atom. The second-order valence-corrected chi connectivity index (χ2v) is 9.80. The van der Waals surface area contributed by atoms with Crippen molar-refractivity contribution in [3.8, 4) is 0 Å². The van der Waals surface area contributed by atoms with Crippen LogP contribution < -0.4 is 5.32 Å². The van der Waals surface area contributed by atoms with Crippen molar-refractivity contribution >= 4 is 50.9 Å². The van der Waals surface area contributed by atoms with Gasteiger partial charge in [0.25, 0.3) is 0 Å². The molecule has 0 aliphatic heterocycles. The van der Waals surface area contributed by atoms with E-state index in [2.05, 4.69) is 21.2 Å². The van der Waals surface area contributed by atoms with Crippen molar-refractivity contribution in [3.05, 3.63) is 104 Å². The van der Waals surface area contributed by atoms with E-state index in [-0.39, 0.29) is 18.2 Å². The molecule has 7 heteroatoms. The van der Waals surface area contributed by atoms with Gasteiger partial charge in [-0.1, -0.05) is 94.6 Å². The highest BCUT2D eigenvalue weighted by Gasteiger charge is 2.30. The first-order chi connectivity index (χ1) is 16.4. The number of nitrogens with zero attached hydrogens (tertiary/aromatic N) is 1. The number of carbonyl (C=O) groups is 2. The van der Waals surface area contributed by atoms with E-state index in [9.17, 15) is 9.59 Å². The van der Waals surface area contributed by atoms with Crippen LogP contribution in [0.15, 0.2) is 77.3 Å². The maximum Gasteiger partial charge on any atom is 0.243 e. The maximum atomic E-state index is 13.7. The van der Waals surface area contributed by atoms with Gasteiger partial charge in [-0.3, -0.25) is 9.59 Å². The number of halogens is 3. The summed E-state index contributed by atoms with van der Waals surface area (Å²) in [6, 6.07) is 22.0. The van der Waals surface area contributed by atoms with Gasteiger partial charge in [0.2, 0.25) is 11.8 Å². The first-order valence-corrected chi connectivity index (χ1v) is 12.7. The third kappa shape index (κ3) is 7.59. The average Bonchev–Trinajstić information content (AvgIpc) is 2.84. The lowest BCUT2D eigenvalue weighted by molar-refractivity contribution is -0.140. The molecule has 3 aromatic carbocycles. The van der Waals surface area contributed by atoms with E-state index in [4.69, 9.17) is 23.2 Å². The number of hydrogen-bond acceptors (Lipinski definition) is 2. The summed E-state index contributed by atoms with van der Waals surface area (Å²) in [6.45, 7) is 2.86. The van der Waals surface area contributed by atoms with Gasteiger partial charge in [-0.05, 0) is 47.4 Å². The van der Waals surface area contributed by atoms with Crippen LogP contribution in [0.3, 0.4) is 0 Å². The second-order valence-electron chi connectivity index (χ2n) is 8.07. The minimum atomic E-state index is -0.659.